The Bertz CT molecular complexity index is 1020. The maximum atomic E-state index is 13.2. The highest BCUT2D eigenvalue weighted by atomic mass is 32.2. The Morgan fingerprint density at radius 1 is 1.23 bits per heavy atom. The lowest BCUT2D eigenvalue weighted by atomic mass is 9.94. The summed E-state index contributed by atoms with van der Waals surface area (Å²) in [4.78, 5) is 15.6. The lowest BCUT2D eigenvalue weighted by molar-refractivity contribution is -0.138. The highest BCUT2D eigenvalue weighted by Crippen LogP contribution is 2.34. The van der Waals surface area contributed by atoms with Crippen LogP contribution < -0.4 is 0 Å². The Morgan fingerprint density at radius 3 is 2.58 bits per heavy atom. The van der Waals surface area contributed by atoms with Crippen LogP contribution in [-0.2, 0) is 25.5 Å². The molecule has 1 heterocycles. The van der Waals surface area contributed by atoms with E-state index in [1.165, 1.54) is 37.4 Å². The number of pyridine rings is 1. The van der Waals surface area contributed by atoms with Gasteiger partial charge in [-0.2, -0.15) is 13.2 Å². The minimum Gasteiger partial charge on any atom is -0.463 e. The summed E-state index contributed by atoms with van der Waals surface area (Å²) in [6, 6.07) is 7.45. The highest BCUT2D eigenvalue weighted by Gasteiger charge is 2.32. The van der Waals surface area contributed by atoms with E-state index in [1.807, 2.05) is 6.92 Å². The number of sulfone groups is 1. The van der Waals surface area contributed by atoms with Crippen LogP contribution in [0.2, 0.25) is 0 Å². The lowest BCUT2D eigenvalue weighted by Gasteiger charge is -2.17. The second-order valence-corrected chi connectivity index (χ2v) is 9.03. The Balaban J connectivity index is 2.34. The van der Waals surface area contributed by atoms with Crippen molar-refractivity contribution in [3.8, 4) is 0 Å². The Kier molecular flexibility index (Phi) is 8.38. The van der Waals surface area contributed by atoms with E-state index >= 15 is 0 Å². The van der Waals surface area contributed by atoms with Crippen LogP contribution in [0.25, 0.3) is 6.08 Å². The standard InChI is InChI=1S/C22H24F3NO4S/c1-3-4-13-30-21(27)11-9-17-8-10-18(22(23,24)25)14-19(17)16(2)15-31(28,29)20-7-5-6-12-26-20/h5-12,14,16H,3-4,13,15H2,1-2H3/b11-9+. The molecule has 168 valence electrons. The van der Waals surface area contributed by atoms with Crippen molar-refractivity contribution >= 4 is 21.9 Å². The number of alkyl halides is 3. The van der Waals surface area contributed by atoms with Crippen LogP contribution in [0.1, 0.15) is 49.3 Å². The number of carbonyl (C=O) groups excluding carboxylic acids is 1. The Hall–Kier alpha value is -2.68. The molecule has 1 aromatic heterocycles. The predicted octanol–water partition coefficient (Wildman–Crippen LogP) is 5.03. The molecule has 0 N–H and O–H groups in total. The van der Waals surface area contributed by atoms with E-state index in [4.69, 9.17) is 4.74 Å². The molecule has 31 heavy (non-hydrogen) atoms. The van der Waals surface area contributed by atoms with Crippen molar-refractivity contribution in [1.29, 1.82) is 0 Å². The number of halogens is 3. The molecule has 0 amide bonds. The van der Waals surface area contributed by atoms with Gasteiger partial charge in [-0.1, -0.05) is 32.4 Å². The molecule has 0 bridgehead atoms. The molecule has 0 fully saturated rings. The van der Waals surface area contributed by atoms with E-state index in [0.29, 0.717) is 12.0 Å². The summed E-state index contributed by atoms with van der Waals surface area (Å²) in [5.74, 6) is -1.84. The SMILES string of the molecule is CCCCOC(=O)/C=C/c1ccc(C(F)(F)F)cc1C(C)CS(=O)(=O)c1ccccn1. The quantitative estimate of drug-likeness (QED) is 0.301. The van der Waals surface area contributed by atoms with Gasteiger partial charge in [0.25, 0.3) is 0 Å². The van der Waals surface area contributed by atoms with E-state index in [-0.39, 0.29) is 17.2 Å². The first-order valence-corrected chi connectivity index (χ1v) is 11.4. The van der Waals surface area contributed by atoms with Gasteiger partial charge in [0.2, 0.25) is 0 Å². The van der Waals surface area contributed by atoms with Crippen molar-refractivity contribution < 1.29 is 31.1 Å². The number of hydrogen-bond acceptors (Lipinski definition) is 5. The fraction of sp³-hybridized carbons (Fsp3) is 0.364. The van der Waals surface area contributed by atoms with Gasteiger partial charge in [0.05, 0.1) is 17.9 Å². The minimum atomic E-state index is -4.59. The number of nitrogens with zero attached hydrogens (tertiary/aromatic N) is 1. The molecule has 0 aliphatic carbocycles. The lowest BCUT2D eigenvalue weighted by Crippen LogP contribution is -2.16. The normalized spacial score (nSPS) is 13.3. The summed E-state index contributed by atoms with van der Waals surface area (Å²) < 4.78 is 70.0. The molecule has 1 aromatic carbocycles. The zero-order valence-electron chi connectivity index (χ0n) is 17.2. The van der Waals surface area contributed by atoms with Gasteiger partial charge in [0, 0.05) is 12.3 Å². The molecule has 2 rings (SSSR count). The number of benzene rings is 1. The number of aromatic nitrogens is 1. The third-order valence-electron chi connectivity index (χ3n) is 4.51. The van der Waals surface area contributed by atoms with Gasteiger partial charge in [-0.25, -0.2) is 18.2 Å². The first kappa shape index (κ1) is 24.6. The van der Waals surface area contributed by atoms with Gasteiger partial charge in [-0.3, -0.25) is 0 Å². The molecular weight excluding hydrogens is 431 g/mol. The van der Waals surface area contributed by atoms with Gasteiger partial charge in [-0.05, 0) is 53.8 Å². The van der Waals surface area contributed by atoms with Crippen LogP contribution in [0.5, 0.6) is 0 Å². The molecule has 9 heteroatoms. The van der Waals surface area contributed by atoms with E-state index in [2.05, 4.69) is 4.98 Å². The van der Waals surface area contributed by atoms with Gasteiger partial charge in [-0.15, -0.1) is 0 Å². The average Bonchev–Trinajstić information content (AvgIpc) is 2.72. The van der Waals surface area contributed by atoms with Crippen LogP contribution in [0.15, 0.2) is 53.7 Å². The van der Waals surface area contributed by atoms with Gasteiger partial charge in [0.1, 0.15) is 0 Å². The molecule has 5 nitrogen and oxygen atoms in total. The van der Waals surface area contributed by atoms with Crippen LogP contribution in [-0.4, -0.2) is 31.7 Å². The first-order valence-electron chi connectivity index (χ1n) is 9.74. The summed E-state index contributed by atoms with van der Waals surface area (Å²) in [6.07, 6.45) is 0.765. The molecule has 2 aromatic rings. The maximum absolute atomic E-state index is 13.2. The summed E-state index contributed by atoms with van der Waals surface area (Å²) in [5.41, 5.74) is -0.427. The smallest absolute Gasteiger partial charge is 0.416 e. The number of unbranched alkanes of at least 4 members (excludes halogenated alkanes) is 1. The van der Waals surface area contributed by atoms with Crippen LogP contribution >= 0.6 is 0 Å². The Morgan fingerprint density at radius 2 is 1.97 bits per heavy atom. The summed E-state index contributed by atoms with van der Waals surface area (Å²) in [5, 5.41) is -0.148. The summed E-state index contributed by atoms with van der Waals surface area (Å²) >= 11 is 0. The predicted molar refractivity (Wildman–Crippen MR) is 111 cm³/mol. The zero-order chi connectivity index (χ0) is 23.1. The van der Waals surface area contributed by atoms with Crippen molar-refractivity contribution in [2.24, 2.45) is 0 Å². The number of ether oxygens (including phenoxy) is 1. The number of esters is 1. The van der Waals surface area contributed by atoms with Gasteiger partial charge in [0.15, 0.2) is 14.9 Å². The van der Waals surface area contributed by atoms with Crippen LogP contribution in [0.3, 0.4) is 0 Å². The van der Waals surface area contributed by atoms with Gasteiger partial charge < -0.3 is 4.74 Å². The topological polar surface area (TPSA) is 73.3 Å². The molecule has 1 atom stereocenters. The minimum absolute atomic E-state index is 0.148. The van der Waals surface area contributed by atoms with Crippen LogP contribution in [0, 0.1) is 0 Å². The molecule has 1 unspecified atom stereocenters. The number of carbonyl (C=O) groups is 1. The van der Waals surface area contributed by atoms with Crippen molar-refractivity contribution in [2.75, 3.05) is 12.4 Å². The van der Waals surface area contributed by atoms with Crippen molar-refractivity contribution in [1.82, 2.24) is 4.98 Å². The monoisotopic (exact) mass is 455 g/mol. The fourth-order valence-electron chi connectivity index (χ4n) is 2.89. The van der Waals surface area contributed by atoms with Crippen LogP contribution in [0.4, 0.5) is 13.2 Å². The molecule has 0 spiro atoms. The molecule has 0 radical (unpaired) electrons. The molecule has 0 aliphatic rings. The van der Waals surface area contributed by atoms with E-state index in [1.54, 1.807) is 6.07 Å². The molecular formula is C22H24F3NO4S. The third kappa shape index (κ3) is 7.20. The number of rotatable bonds is 9. The van der Waals surface area contributed by atoms with Crippen molar-refractivity contribution in [3.05, 3.63) is 65.4 Å². The zero-order valence-corrected chi connectivity index (χ0v) is 18.0. The second-order valence-electron chi connectivity index (χ2n) is 7.05. The highest BCUT2D eigenvalue weighted by molar-refractivity contribution is 7.91. The van der Waals surface area contributed by atoms with Crippen molar-refractivity contribution in [3.63, 3.8) is 0 Å². The maximum Gasteiger partial charge on any atom is 0.416 e. The van der Waals surface area contributed by atoms with E-state index in [9.17, 15) is 26.4 Å². The molecule has 0 saturated carbocycles. The Labute approximate surface area is 179 Å². The third-order valence-corrected chi connectivity index (χ3v) is 6.33. The molecule has 0 saturated heterocycles. The molecule has 0 aliphatic heterocycles. The van der Waals surface area contributed by atoms with Gasteiger partial charge >= 0.3 is 12.1 Å². The second kappa shape index (κ2) is 10.6. The first-order chi connectivity index (χ1) is 14.5. The average molecular weight is 455 g/mol. The van der Waals surface area contributed by atoms with E-state index < -0.39 is 39.2 Å². The summed E-state index contributed by atoms with van der Waals surface area (Å²) in [6.45, 7) is 3.71. The summed E-state index contributed by atoms with van der Waals surface area (Å²) in [7, 11) is -3.83. The fourth-order valence-corrected chi connectivity index (χ4v) is 4.40. The largest absolute Gasteiger partial charge is 0.463 e. The van der Waals surface area contributed by atoms with E-state index in [0.717, 1.165) is 24.6 Å². The van der Waals surface area contributed by atoms with Crippen molar-refractivity contribution in [2.45, 2.75) is 43.8 Å². The number of hydrogen-bond donors (Lipinski definition) is 0.